The first-order valence-electron chi connectivity index (χ1n) is 11.9. The van der Waals surface area contributed by atoms with Crippen LogP contribution >= 0.6 is 0 Å². The summed E-state index contributed by atoms with van der Waals surface area (Å²) in [6.45, 7) is 7.47. The molecule has 178 valence electrons. The molecule has 0 radical (unpaired) electrons. The molecule has 0 N–H and O–H groups in total. The monoisotopic (exact) mass is 457 g/mol. The molecule has 8 nitrogen and oxygen atoms in total. The van der Waals surface area contributed by atoms with E-state index in [1.807, 2.05) is 19.9 Å². The van der Waals surface area contributed by atoms with Crippen LogP contribution in [0.1, 0.15) is 63.0 Å². The Morgan fingerprint density at radius 1 is 1.30 bits per heavy atom. The summed E-state index contributed by atoms with van der Waals surface area (Å²) in [5.74, 6) is 0.880. The summed E-state index contributed by atoms with van der Waals surface area (Å²) >= 11 is 0. The molecule has 3 heterocycles. The summed E-state index contributed by atoms with van der Waals surface area (Å²) in [6.07, 6.45) is 4.48. The fraction of sp³-hybridized carbons (Fsp3) is 0.625. The van der Waals surface area contributed by atoms with Gasteiger partial charge in [0.25, 0.3) is 5.95 Å². The number of aromatic nitrogens is 4. The Bertz CT molecular complexity index is 1090. The van der Waals surface area contributed by atoms with Gasteiger partial charge in [-0.15, -0.1) is 0 Å². The number of methoxy groups -OCH3 is 1. The normalized spacial score (nSPS) is 23.2. The van der Waals surface area contributed by atoms with Crippen molar-refractivity contribution in [1.29, 1.82) is 0 Å². The van der Waals surface area contributed by atoms with E-state index in [2.05, 4.69) is 20.1 Å². The van der Waals surface area contributed by atoms with E-state index < -0.39 is 0 Å². The standard InChI is InChI=1S/C24H32FN5O3/c1-15(2)21-19-7-4-8-20(25)22(19)30(27-21)24-26-23(33-28-24)16-12-17(13-16)29(9-11-31-3)14-18-6-5-10-32-18/h4,7-8,15-18H,5-6,9-14H2,1-3H3. The van der Waals surface area contributed by atoms with Gasteiger partial charge in [-0.3, -0.25) is 4.90 Å². The zero-order valence-electron chi connectivity index (χ0n) is 19.5. The van der Waals surface area contributed by atoms with Crippen LogP contribution in [0.25, 0.3) is 16.9 Å². The van der Waals surface area contributed by atoms with Crippen molar-refractivity contribution in [2.75, 3.05) is 33.4 Å². The SMILES string of the molecule is COCCN(CC1CCCO1)C1CC(c2nc(-n3nc(C(C)C)c4cccc(F)c43)no2)C1. The topological polar surface area (TPSA) is 78.4 Å². The van der Waals surface area contributed by atoms with Gasteiger partial charge in [-0.25, -0.2) is 4.39 Å². The maximum atomic E-state index is 14.7. The molecule has 3 aromatic rings. The smallest absolute Gasteiger partial charge is 0.291 e. The zero-order valence-corrected chi connectivity index (χ0v) is 19.5. The Balaban J connectivity index is 1.31. The number of hydrogen-bond donors (Lipinski definition) is 0. The molecule has 1 aliphatic heterocycles. The lowest BCUT2D eigenvalue weighted by Crippen LogP contribution is -2.48. The average molecular weight is 458 g/mol. The third kappa shape index (κ3) is 4.41. The lowest BCUT2D eigenvalue weighted by molar-refractivity contribution is 0.0155. The van der Waals surface area contributed by atoms with Gasteiger partial charge in [0.05, 0.1) is 18.4 Å². The Hall–Kier alpha value is -2.36. The zero-order chi connectivity index (χ0) is 22.9. The third-order valence-corrected chi connectivity index (χ3v) is 6.87. The van der Waals surface area contributed by atoms with E-state index in [1.165, 1.54) is 10.7 Å². The van der Waals surface area contributed by atoms with Gasteiger partial charge >= 0.3 is 0 Å². The highest BCUT2D eigenvalue weighted by molar-refractivity contribution is 5.84. The number of rotatable bonds is 9. The maximum Gasteiger partial charge on any atom is 0.291 e. The van der Waals surface area contributed by atoms with Crippen molar-refractivity contribution in [1.82, 2.24) is 24.8 Å². The molecule has 1 unspecified atom stereocenters. The van der Waals surface area contributed by atoms with Gasteiger partial charge in [0, 0.05) is 44.2 Å². The van der Waals surface area contributed by atoms with Crippen LogP contribution in [-0.4, -0.2) is 70.4 Å². The van der Waals surface area contributed by atoms with Crippen molar-refractivity contribution in [2.24, 2.45) is 0 Å². The first-order valence-corrected chi connectivity index (χ1v) is 11.9. The summed E-state index contributed by atoms with van der Waals surface area (Å²) in [5.41, 5.74) is 1.21. The van der Waals surface area contributed by atoms with Gasteiger partial charge in [-0.2, -0.15) is 14.8 Å². The van der Waals surface area contributed by atoms with E-state index in [0.29, 0.717) is 30.2 Å². The predicted molar refractivity (Wildman–Crippen MR) is 121 cm³/mol. The lowest BCUT2D eigenvalue weighted by atomic mass is 9.79. The lowest BCUT2D eigenvalue weighted by Gasteiger charge is -2.42. The molecule has 1 aromatic carbocycles. The highest BCUT2D eigenvalue weighted by Gasteiger charge is 2.39. The second kappa shape index (κ2) is 9.48. The van der Waals surface area contributed by atoms with E-state index in [-0.39, 0.29) is 23.6 Å². The van der Waals surface area contributed by atoms with E-state index in [4.69, 9.17) is 14.0 Å². The second-order valence-corrected chi connectivity index (χ2v) is 9.47. The minimum absolute atomic E-state index is 0.149. The van der Waals surface area contributed by atoms with Gasteiger partial charge in [0.1, 0.15) is 11.3 Å². The minimum Gasteiger partial charge on any atom is -0.383 e. The molecule has 1 saturated heterocycles. The minimum atomic E-state index is -0.343. The summed E-state index contributed by atoms with van der Waals surface area (Å²) in [6, 6.07) is 5.47. The van der Waals surface area contributed by atoms with Crippen molar-refractivity contribution >= 4 is 10.9 Å². The Morgan fingerprint density at radius 3 is 2.88 bits per heavy atom. The summed E-state index contributed by atoms with van der Waals surface area (Å²) < 4.78 is 32.9. The Labute approximate surface area is 193 Å². The van der Waals surface area contributed by atoms with Crippen LogP contribution in [-0.2, 0) is 9.47 Å². The van der Waals surface area contributed by atoms with Crippen LogP contribution in [0.5, 0.6) is 0 Å². The number of hydrogen-bond acceptors (Lipinski definition) is 7. The molecule has 0 bridgehead atoms. The Kier molecular flexibility index (Phi) is 6.44. The highest BCUT2D eigenvalue weighted by atomic mass is 19.1. The largest absolute Gasteiger partial charge is 0.383 e. The predicted octanol–water partition coefficient (Wildman–Crippen LogP) is 4.04. The number of halogens is 1. The number of fused-ring (bicyclic) bond motifs is 1. The van der Waals surface area contributed by atoms with Gasteiger partial charge in [0.2, 0.25) is 5.89 Å². The van der Waals surface area contributed by atoms with Crippen molar-refractivity contribution < 1.29 is 18.4 Å². The maximum absolute atomic E-state index is 14.7. The fourth-order valence-electron chi connectivity index (χ4n) is 4.97. The molecule has 1 aliphatic carbocycles. The van der Waals surface area contributed by atoms with Gasteiger partial charge in [-0.05, 0) is 42.8 Å². The molecule has 0 spiro atoms. The van der Waals surface area contributed by atoms with Crippen molar-refractivity contribution in [3.05, 3.63) is 35.6 Å². The van der Waals surface area contributed by atoms with Crippen LogP contribution < -0.4 is 0 Å². The molecule has 0 amide bonds. The second-order valence-electron chi connectivity index (χ2n) is 9.47. The Morgan fingerprint density at radius 2 is 2.15 bits per heavy atom. The first kappa shape index (κ1) is 22.4. The van der Waals surface area contributed by atoms with E-state index >= 15 is 0 Å². The molecule has 33 heavy (non-hydrogen) atoms. The molecular formula is C24H32FN5O3. The van der Waals surface area contributed by atoms with Gasteiger partial charge in [-0.1, -0.05) is 26.0 Å². The van der Waals surface area contributed by atoms with Crippen LogP contribution in [0, 0.1) is 5.82 Å². The molecule has 1 atom stereocenters. The molecule has 5 rings (SSSR count). The van der Waals surface area contributed by atoms with Crippen LogP contribution in [0.15, 0.2) is 22.7 Å². The van der Waals surface area contributed by atoms with Crippen LogP contribution in [0.2, 0.25) is 0 Å². The number of ether oxygens (including phenoxy) is 2. The van der Waals surface area contributed by atoms with Crippen molar-refractivity contribution in [3.63, 3.8) is 0 Å². The van der Waals surface area contributed by atoms with E-state index in [9.17, 15) is 4.39 Å². The number of nitrogens with zero attached hydrogens (tertiary/aromatic N) is 5. The molecule has 2 aliphatic rings. The van der Waals surface area contributed by atoms with E-state index in [1.54, 1.807) is 13.2 Å². The molecule has 1 saturated carbocycles. The number of para-hydroxylation sites is 1. The third-order valence-electron chi connectivity index (χ3n) is 6.87. The van der Waals surface area contributed by atoms with E-state index in [0.717, 1.165) is 56.5 Å². The fourth-order valence-corrected chi connectivity index (χ4v) is 4.97. The first-order chi connectivity index (χ1) is 16.0. The van der Waals surface area contributed by atoms with Crippen LogP contribution in [0.3, 0.4) is 0 Å². The van der Waals surface area contributed by atoms with Gasteiger partial charge in [0.15, 0.2) is 0 Å². The molecule has 2 fully saturated rings. The van der Waals surface area contributed by atoms with Crippen molar-refractivity contribution in [3.8, 4) is 5.95 Å². The van der Waals surface area contributed by atoms with Gasteiger partial charge < -0.3 is 14.0 Å². The summed E-state index contributed by atoms with van der Waals surface area (Å²) in [4.78, 5) is 7.08. The molecular weight excluding hydrogens is 425 g/mol. The average Bonchev–Trinajstić information content (AvgIpc) is 3.50. The summed E-state index contributed by atoms with van der Waals surface area (Å²) in [5, 5.41) is 9.56. The number of benzene rings is 1. The molecule has 2 aromatic heterocycles. The highest BCUT2D eigenvalue weighted by Crippen LogP contribution is 2.40. The summed E-state index contributed by atoms with van der Waals surface area (Å²) in [7, 11) is 1.74. The van der Waals surface area contributed by atoms with Crippen LogP contribution in [0.4, 0.5) is 4.39 Å². The molecule has 9 heteroatoms. The quantitative estimate of drug-likeness (QED) is 0.480. The van der Waals surface area contributed by atoms with Crippen molar-refractivity contribution in [2.45, 2.75) is 63.5 Å².